The van der Waals surface area contributed by atoms with E-state index in [4.69, 9.17) is 4.74 Å². The summed E-state index contributed by atoms with van der Waals surface area (Å²) in [5.41, 5.74) is 1.17. The highest BCUT2D eigenvalue weighted by Crippen LogP contribution is 2.62. The minimum absolute atomic E-state index is 0.00859. The van der Waals surface area contributed by atoms with E-state index in [1.165, 1.54) is 12.5 Å². The van der Waals surface area contributed by atoms with Crippen LogP contribution in [0.5, 0.6) is 0 Å². The van der Waals surface area contributed by atoms with E-state index >= 15 is 0 Å². The van der Waals surface area contributed by atoms with Gasteiger partial charge in [0.15, 0.2) is 0 Å². The minimum atomic E-state index is -0.285. The van der Waals surface area contributed by atoms with Crippen LogP contribution in [-0.4, -0.2) is 24.6 Å². The monoisotopic (exact) mass is 360 g/mol. The van der Waals surface area contributed by atoms with Crippen molar-refractivity contribution in [1.29, 1.82) is 0 Å². The Balaban J connectivity index is 1.85. The molecule has 3 aliphatic carbocycles. The van der Waals surface area contributed by atoms with Crippen molar-refractivity contribution in [3.63, 3.8) is 0 Å². The molecule has 3 unspecified atom stereocenters. The summed E-state index contributed by atoms with van der Waals surface area (Å²) in [5, 5.41) is 0. The van der Waals surface area contributed by atoms with Gasteiger partial charge in [-0.3, -0.25) is 4.79 Å². The Morgan fingerprint density at radius 2 is 1.85 bits per heavy atom. The summed E-state index contributed by atoms with van der Waals surface area (Å²) in [6, 6.07) is 0. The molecule has 0 saturated heterocycles. The first-order chi connectivity index (χ1) is 12.3. The van der Waals surface area contributed by atoms with Gasteiger partial charge in [-0.25, -0.2) is 0 Å². The second kappa shape index (κ2) is 6.94. The number of esters is 1. The molecule has 0 aromatic carbocycles. The Kier molecular flexibility index (Phi) is 5.15. The number of aldehydes is 2. The van der Waals surface area contributed by atoms with Gasteiger partial charge in [0.25, 0.3) is 0 Å². The Hall–Kier alpha value is -1.45. The second-order valence-corrected chi connectivity index (χ2v) is 9.28. The highest BCUT2D eigenvalue weighted by Gasteiger charge is 2.57. The smallest absolute Gasteiger partial charge is 0.302 e. The third-order valence-electron chi connectivity index (χ3n) is 8.16. The SMILES string of the molecule is C=C1CCC2C(C=O)C([C@@]3(C)CC[C@H](OC(C)=O)C[C@@H]3C=O)CC[C@]12C. The molecule has 0 bridgehead atoms. The average Bonchev–Trinajstić information content (AvgIpc) is 2.90. The average molecular weight is 360 g/mol. The first kappa shape index (κ1) is 19.3. The van der Waals surface area contributed by atoms with Crippen molar-refractivity contribution < 1.29 is 19.1 Å². The number of hydrogen-bond acceptors (Lipinski definition) is 4. The highest BCUT2D eigenvalue weighted by atomic mass is 16.5. The first-order valence-corrected chi connectivity index (χ1v) is 10.0. The van der Waals surface area contributed by atoms with Crippen LogP contribution in [-0.2, 0) is 19.1 Å². The summed E-state index contributed by atoms with van der Waals surface area (Å²) in [4.78, 5) is 35.4. The van der Waals surface area contributed by atoms with E-state index in [1.54, 1.807) is 0 Å². The fourth-order valence-corrected chi connectivity index (χ4v) is 6.40. The summed E-state index contributed by atoms with van der Waals surface area (Å²) in [5.74, 6) is 0.110. The van der Waals surface area contributed by atoms with Gasteiger partial charge in [0, 0.05) is 18.8 Å². The number of carbonyl (C=O) groups is 3. The predicted octanol–water partition coefficient (Wildman–Crippen LogP) is 4.12. The van der Waals surface area contributed by atoms with E-state index in [1.807, 2.05) is 0 Å². The van der Waals surface area contributed by atoms with Crippen LogP contribution in [0.1, 0.15) is 65.7 Å². The van der Waals surface area contributed by atoms with Crippen molar-refractivity contribution >= 4 is 18.5 Å². The van der Waals surface area contributed by atoms with Crippen molar-refractivity contribution in [3.8, 4) is 0 Å². The van der Waals surface area contributed by atoms with Gasteiger partial charge in [-0.2, -0.15) is 0 Å². The lowest BCUT2D eigenvalue weighted by Gasteiger charge is -2.54. The Labute approximate surface area is 156 Å². The molecule has 0 spiro atoms. The van der Waals surface area contributed by atoms with Gasteiger partial charge < -0.3 is 14.3 Å². The summed E-state index contributed by atoms with van der Waals surface area (Å²) >= 11 is 0. The van der Waals surface area contributed by atoms with E-state index in [0.29, 0.717) is 12.3 Å². The zero-order chi connectivity index (χ0) is 19.1. The molecule has 0 aliphatic heterocycles. The number of hydrogen-bond donors (Lipinski definition) is 0. The molecule has 0 heterocycles. The van der Waals surface area contributed by atoms with Gasteiger partial charge in [-0.05, 0) is 67.6 Å². The molecule has 0 aromatic heterocycles. The lowest BCUT2D eigenvalue weighted by molar-refractivity contribution is -0.156. The number of allylic oxidation sites excluding steroid dienone is 1. The number of carbonyl (C=O) groups excluding carboxylic acids is 3. The molecule has 3 saturated carbocycles. The second-order valence-electron chi connectivity index (χ2n) is 9.28. The van der Waals surface area contributed by atoms with E-state index in [9.17, 15) is 14.4 Å². The third kappa shape index (κ3) is 2.95. The van der Waals surface area contributed by atoms with Crippen LogP contribution >= 0.6 is 0 Å². The third-order valence-corrected chi connectivity index (χ3v) is 8.16. The van der Waals surface area contributed by atoms with E-state index in [2.05, 4.69) is 20.4 Å². The molecule has 0 radical (unpaired) electrons. The number of fused-ring (bicyclic) bond motifs is 1. The van der Waals surface area contributed by atoms with Crippen LogP contribution in [0.15, 0.2) is 12.2 Å². The fourth-order valence-electron chi connectivity index (χ4n) is 6.40. The Morgan fingerprint density at radius 1 is 1.12 bits per heavy atom. The largest absolute Gasteiger partial charge is 0.463 e. The van der Waals surface area contributed by atoms with Crippen molar-refractivity contribution in [1.82, 2.24) is 0 Å². The molecule has 3 rings (SSSR count). The molecule has 3 fully saturated rings. The van der Waals surface area contributed by atoms with Crippen molar-refractivity contribution in [2.24, 2.45) is 34.5 Å². The van der Waals surface area contributed by atoms with E-state index in [0.717, 1.165) is 51.1 Å². The molecular formula is C22H32O4. The summed E-state index contributed by atoms with van der Waals surface area (Å²) in [6.07, 6.45) is 8.28. The predicted molar refractivity (Wildman–Crippen MR) is 99.3 cm³/mol. The van der Waals surface area contributed by atoms with Crippen LogP contribution in [0.2, 0.25) is 0 Å². The lowest BCUT2D eigenvalue weighted by Crippen LogP contribution is -2.51. The summed E-state index contributed by atoms with van der Waals surface area (Å²) in [6.45, 7) is 10.2. The van der Waals surface area contributed by atoms with Crippen molar-refractivity contribution in [3.05, 3.63) is 12.2 Å². The molecule has 0 aromatic rings. The maximum Gasteiger partial charge on any atom is 0.302 e. The van der Waals surface area contributed by atoms with Crippen molar-refractivity contribution in [2.75, 3.05) is 0 Å². The number of rotatable bonds is 4. The molecule has 4 heteroatoms. The summed E-state index contributed by atoms with van der Waals surface area (Å²) < 4.78 is 5.38. The van der Waals surface area contributed by atoms with Crippen LogP contribution in [0.3, 0.4) is 0 Å². The Morgan fingerprint density at radius 3 is 2.46 bits per heavy atom. The van der Waals surface area contributed by atoms with Gasteiger partial charge in [0.05, 0.1) is 0 Å². The van der Waals surface area contributed by atoms with Crippen molar-refractivity contribution in [2.45, 2.75) is 71.8 Å². The van der Waals surface area contributed by atoms with Gasteiger partial charge in [0.1, 0.15) is 18.7 Å². The molecule has 0 N–H and O–H groups in total. The maximum atomic E-state index is 12.2. The van der Waals surface area contributed by atoms with Crippen LogP contribution in [0.4, 0.5) is 0 Å². The quantitative estimate of drug-likeness (QED) is 0.430. The molecular weight excluding hydrogens is 328 g/mol. The lowest BCUT2D eigenvalue weighted by atomic mass is 9.49. The molecule has 3 aliphatic rings. The molecule has 4 nitrogen and oxygen atoms in total. The molecule has 144 valence electrons. The van der Waals surface area contributed by atoms with Gasteiger partial charge in [-0.1, -0.05) is 26.0 Å². The molecule has 0 amide bonds. The minimum Gasteiger partial charge on any atom is -0.463 e. The zero-order valence-electron chi connectivity index (χ0n) is 16.3. The highest BCUT2D eigenvalue weighted by molar-refractivity contribution is 5.66. The normalized spacial score (nSPS) is 45.7. The van der Waals surface area contributed by atoms with Crippen LogP contribution in [0.25, 0.3) is 0 Å². The maximum absolute atomic E-state index is 12.2. The molecule has 7 atom stereocenters. The molecule has 26 heavy (non-hydrogen) atoms. The standard InChI is InChI=1S/C22H32O4/c1-14-5-6-19-18(13-24)20(8-10-21(14,19)3)22(4)9-7-17(26-15(2)25)11-16(22)12-23/h12-13,16-20H,1,5-11H2,2-4H3/t16-,17+,18?,19?,20?,21-,22+/m1/s1. The van der Waals surface area contributed by atoms with Gasteiger partial charge >= 0.3 is 5.97 Å². The van der Waals surface area contributed by atoms with Crippen LogP contribution < -0.4 is 0 Å². The van der Waals surface area contributed by atoms with Gasteiger partial charge in [-0.15, -0.1) is 0 Å². The fraction of sp³-hybridized carbons (Fsp3) is 0.773. The summed E-state index contributed by atoms with van der Waals surface area (Å²) in [7, 11) is 0. The topological polar surface area (TPSA) is 60.4 Å². The van der Waals surface area contributed by atoms with Crippen LogP contribution in [0, 0.1) is 34.5 Å². The van der Waals surface area contributed by atoms with Gasteiger partial charge in [0.2, 0.25) is 0 Å². The van der Waals surface area contributed by atoms with E-state index in [-0.39, 0.29) is 40.7 Å². The first-order valence-electron chi connectivity index (χ1n) is 10.0. The number of ether oxygens (including phenoxy) is 1. The Bertz CT molecular complexity index is 611. The zero-order valence-corrected chi connectivity index (χ0v) is 16.3. The van der Waals surface area contributed by atoms with E-state index < -0.39 is 0 Å².